The van der Waals surface area contributed by atoms with E-state index in [2.05, 4.69) is 38.2 Å². The van der Waals surface area contributed by atoms with E-state index in [0.29, 0.717) is 6.61 Å². The summed E-state index contributed by atoms with van der Waals surface area (Å²) in [5.41, 5.74) is 5.54. The molecule has 2 amide bonds. The van der Waals surface area contributed by atoms with Gasteiger partial charge in [0.1, 0.15) is 12.4 Å². The molecule has 0 aliphatic heterocycles. The Morgan fingerprint density at radius 2 is 1.83 bits per heavy atom. The molecule has 4 heteroatoms. The summed E-state index contributed by atoms with van der Waals surface area (Å²) in [6, 6.07) is 11.9. The van der Waals surface area contributed by atoms with E-state index in [1.165, 1.54) is 11.1 Å². The molecule has 2 aromatic rings. The molecule has 0 bridgehead atoms. The van der Waals surface area contributed by atoms with Gasteiger partial charge in [-0.2, -0.15) is 0 Å². The Kier molecular flexibility index (Phi) is 5.85. The second kappa shape index (κ2) is 7.86. The van der Waals surface area contributed by atoms with Crippen LogP contribution in [0.15, 0.2) is 36.4 Å². The van der Waals surface area contributed by atoms with E-state index < -0.39 is 0 Å². The number of aryl methyl sites for hydroxylation is 3. The highest BCUT2D eigenvalue weighted by atomic mass is 16.5. The largest absolute Gasteiger partial charge is 0.489 e. The first-order chi connectivity index (χ1) is 11.5. The lowest BCUT2D eigenvalue weighted by molar-refractivity contribution is 0.249. The summed E-state index contributed by atoms with van der Waals surface area (Å²) < 4.78 is 6.05. The Labute approximate surface area is 144 Å². The number of ether oxygens (including phenoxy) is 1. The summed E-state index contributed by atoms with van der Waals surface area (Å²) in [7, 11) is 3.38. The molecule has 0 fully saturated rings. The maximum atomic E-state index is 11.9. The predicted octanol–water partition coefficient (Wildman–Crippen LogP) is 4.22. The van der Waals surface area contributed by atoms with Crippen molar-refractivity contribution in [1.82, 2.24) is 5.32 Å². The van der Waals surface area contributed by atoms with Crippen LogP contribution < -0.4 is 15.0 Å². The fourth-order valence-electron chi connectivity index (χ4n) is 2.78. The number of carbonyl (C=O) groups is 1. The van der Waals surface area contributed by atoms with Crippen molar-refractivity contribution in [3.05, 3.63) is 58.7 Å². The molecule has 0 aliphatic rings. The van der Waals surface area contributed by atoms with Crippen molar-refractivity contribution in [2.24, 2.45) is 0 Å². The van der Waals surface area contributed by atoms with Gasteiger partial charge < -0.3 is 10.1 Å². The van der Waals surface area contributed by atoms with Crippen LogP contribution in [0.1, 0.15) is 29.2 Å². The fraction of sp³-hybridized carbons (Fsp3) is 0.350. The van der Waals surface area contributed by atoms with Crippen molar-refractivity contribution in [3.8, 4) is 5.75 Å². The average Bonchev–Trinajstić information content (AvgIpc) is 2.60. The van der Waals surface area contributed by atoms with Crippen molar-refractivity contribution >= 4 is 11.7 Å². The van der Waals surface area contributed by atoms with Crippen LogP contribution in [0.2, 0.25) is 0 Å². The summed E-state index contributed by atoms with van der Waals surface area (Å²) in [5.74, 6) is 0.891. The molecule has 24 heavy (non-hydrogen) atoms. The van der Waals surface area contributed by atoms with Gasteiger partial charge in [0.15, 0.2) is 0 Å². The number of anilines is 1. The van der Waals surface area contributed by atoms with Gasteiger partial charge in [-0.25, -0.2) is 4.79 Å². The lowest BCUT2D eigenvalue weighted by atomic mass is 10.0. The summed E-state index contributed by atoms with van der Waals surface area (Å²) >= 11 is 0. The molecular formula is C20H26N2O2. The Balaban J connectivity index is 2.21. The molecule has 0 atom stereocenters. The molecule has 4 nitrogen and oxygen atoms in total. The number of nitrogens with zero attached hydrogens (tertiary/aromatic N) is 1. The molecule has 0 aliphatic carbocycles. The van der Waals surface area contributed by atoms with E-state index in [9.17, 15) is 4.79 Å². The lowest BCUT2D eigenvalue weighted by Gasteiger charge is -2.21. The van der Waals surface area contributed by atoms with Gasteiger partial charge in [-0.1, -0.05) is 31.2 Å². The van der Waals surface area contributed by atoms with Crippen molar-refractivity contribution < 1.29 is 9.53 Å². The number of para-hydroxylation sites is 1. The molecule has 1 N–H and O–H groups in total. The fourth-order valence-corrected chi connectivity index (χ4v) is 2.78. The van der Waals surface area contributed by atoms with Crippen LogP contribution in [-0.4, -0.2) is 20.1 Å². The second-order valence-corrected chi connectivity index (χ2v) is 5.93. The molecule has 0 saturated heterocycles. The number of hydrogen-bond acceptors (Lipinski definition) is 2. The van der Waals surface area contributed by atoms with Crippen LogP contribution in [-0.2, 0) is 13.0 Å². The minimum atomic E-state index is -0.151. The third kappa shape index (κ3) is 3.88. The van der Waals surface area contributed by atoms with Gasteiger partial charge in [0, 0.05) is 19.7 Å². The zero-order valence-corrected chi connectivity index (χ0v) is 15.1. The van der Waals surface area contributed by atoms with Crippen molar-refractivity contribution in [2.75, 3.05) is 19.0 Å². The number of amides is 2. The third-order valence-electron chi connectivity index (χ3n) is 4.27. The van der Waals surface area contributed by atoms with Crippen LogP contribution in [0.5, 0.6) is 5.75 Å². The van der Waals surface area contributed by atoms with E-state index in [1.54, 1.807) is 19.0 Å². The molecule has 0 spiro atoms. The highest BCUT2D eigenvalue weighted by Gasteiger charge is 2.13. The zero-order chi connectivity index (χ0) is 17.7. The second-order valence-electron chi connectivity index (χ2n) is 5.93. The quantitative estimate of drug-likeness (QED) is 0.894. The SMILES string of the molecule is CCc1cc(C)c(OCc2ccccc2N(C)C(=O)NC)cc1C. The minimum absolute atomic E-state index is 0.151. The first-order valence-corrected chi connectivity index (χ1v) is 8.24. The smallest absolute Gasteiger partial charge is 0.321 e. The van der Waals surface area contributed by atoms with Crippen LogP contribution >= 0.6 is 0 Å². The number of benzene rings is 2. The third-order valence-corrected chi connectivity index (χ3v) is 4.27. The summed E-state index contributed by atoms with van der Waals surface area (Å²) in [4.78, 5) is 13.5. The van der Waals surface area contributed by atoms with Gasteiger partial charge in [-0.3, -0.25) is 4.90 Å². The molecule has 2 rings (SSSR count). The minimum Gasteiger partial charge on any atom is -0.489 e. The Morgan fingerprint density at radius 3 is 2.50 bits per heavy atom. The molecule has 0 aromatic heterocycles. The van der Waals surface area contributed by atoms with E-state index in [-0.39, 0.29) is 6.03 Å². The van der Waals surface area contributed by atoms with Gasteiger partial charge in [0.05, 0.1) is 5.69 Å². The predicted molar refractivity (Wildman–Crippen MR) is 98.9 cm³/mol. The van der Waals surface area contributed by atoms with Crippen molar-refractivity contribution in [1.29, 1.82) is 0 Å². The molecule has 0 radical (unpaired) electrons. The maximum absolute atomic E-state index is 11.9. The topological polar surface area (TPSA) is 41.6 Å². The van der Waals surface area contributed by atoms with Crippen LogP contribution in [0, 0.1) is 13.8 Å². The van der Waals surface area contributed by atoms with Crippen molar-refractivity contribution in [2.45, 2.75) is 33.8 Å². The average molecular weight is 326 g/mol. The lowest BCUT2D eigenvalue weighted by Crippen LogP contribution is -2.35. The molecule has 0 unspecified atom stereocenters. The number of hydrogen-bond donors (Lipinski definition) is 1. The van der Waals surface area contributed by atoms with E-state index >= 15 is 0 Å². The van der Waals surface area contributed by atoms with Crippen LogP contribution in [0.4, 0.5) is 10.5 Å². The molecule has 0 heterocycles. The Morgan fingerprint density at radius 1 is 1.12 bits per heavy atom. The van der Waals surface area contributed by atoms with E-state index in [4.69, 9.17) is 4.74 Å². The Bertz CT molecular complexity index is 726. The zero-order valence-electron chi connectivity index (χ0n) is 15.1. The first kappa shape index (κ1) is 17.9. The number of carbonyl (C=O) groups excluding carboxylic acids is 1. The molecule has 2 aromatic carbocycles. The van der Waals surface area contributed by atoms with Crippen LogP contribution in [0.3, 0.4) is 0 Å². The first-order valence-electron chi connectivity index (χ1n) is 8.24. The van der Waals surface area contributed by atoms with E-state index in [1.807, 2.05) is 24.3 Å². The van der Waals surface area contributed by atoms with Crippen LogP contribution in [0.25, 0.3) is 0 Å². The highest BCUT2D eigenvalue weighted by Crippen LogP contribution is 2.26. The van der Waals surface area contributed by atoms with Gasteiger partial charge in [-0.05, 0) is 49.1 Å². The number of nitrogens with one attached hydrogen (secondary N) is 1. The summed E-state index contributed by atoms with van der Waals surface area (Å²) in [6.07, 6.45) is 1.02. The number of rotatable bonds is 5. The normalized spacial score (nSPS) is 10.4. The summed E-state index contributed by atoms with van der Waals surface area (Å²) in [6.45, 7) is 6.76. The number of urea groups is 1. The maximum Gasteiger partial charge on any atom is 0.321 e. The monoisotopic (exact) mass is 326 g/mol. The Hall–Kier alpha value is -2.49. The summed E-state index contributed by atoms with van der Waals surface area (Å²) in [5, 5.41) is 2.64. The van der Waals surface area contributed by atoms with Crippen molar-refractivity contribution in [3.63, 3.8) is 0 Å². The molecule has 0 saturated carbocycles. The highest BCUT2D eigenvalue weighted by molar-refractivity contribution is 5.91. The molecular weight excluding hydrogens is 300 g/mol. The van der Waals surface area contributed by atoms with Gasteiger partial charge in [-0.15, -0.1) is 0 Å². The van der Waals surface area contributed by atoms with Gasteiger partial charge >= 0.3 is 6.03 Å². The van der Waals surface area contributed by atoms with E-state index in [0.717, 1.165) is 29.0 Å². The van der Waals surface area contributed by atoms with Gasteiger partial charge in [0.25, 0.3) is 0 Å². The van der Waals surface area contributed by atoms with Gasteiger partial charge in [0.2, 0.25) is 0 Å². The standard InChI is InChI=1S/C20H26N2O2/c1-6-16-11-15(3)19(12-14(16)2)24-13-17-9-7-8-10-18(17)22(5)20(23)21-4/h7-12H,6,13H2,1-5H3,(H,21,23). The molecule has 128 valence electrons.